The van der Waals surface area contributed by atoms with E-state index in [0.717, 1.165) is 44.6 Å². The van der Waals surface area contributed by atoms with Crippen LogP contribution in [0.25, 0.3) is 0 Å². The zero-order valence-corrected chi connectivity index (χ0v) is 23.5. The van der Waals surface area contributed by atoms with Crippen molar-refractivity contribution in [3.8, 4) is 17.2 Å². The third-order valence-electron chi connectivity index (χ3n) is 6.20. The van der Waals surface area contributed by atoms with Gasteiger partial charge in [0.15, 0.2) is 11.5 Å². The van der Waals surface area contributed by atoms with Crippen molar-refractivity contribution in [2.75, 3.05) is 67.7 Å². The number of phenolic OH excluding ortho intramolecular Hbond substituents is 1. The Balaban J connectivity index is 1.66. The van der Waals surface area contributed by atoms with Gasteiger partial charge in [-0.1, -0.05) is 35.5 Å². The highest BCUT2D eigenvalue weighted by atomic mass is 16.6. The Morgan fingerprint density at radius 3 is 2.36 bits per heavy atom. The van der Waals surface area contributed by atoms with Gasteiger partial charge in [-0.3, -0.25) is 0 Å². The smallest absolute Gasteiger partial charge is 0.338 e. The molecular weight excluding hydrogens is 502 g/mol. The van der Waals surface area contributed by atoms with Gasteiger partial charge < -0.3 is 39.1 Å². The molecule has 2 N–H and O–H groups in total. The number of ether oxygens (including phenoxy) is 3. The van der Waals surface area contributed by atoms with Gasteiger partial charge in [0.05, 0.1) is 32.6 Å². The lowest BCUT2D eigenvalue weighted by Gasteiger charge is -2.23. The van der Waals surface area contributed by atoms with Crippen LogP contribution in [0.2, 0.25) is 0 Å². The molecular formula is C29H43N3O7. The van der Waals surface area contributed by atoms with Crippen molar-refractivity contribution in [2.45, 2.75) is 31.8 Å². The second-order valence-corrected chi connectivity index (χ2v) is 9.35. The monoisotopic (exact) mass is 545 g/mol. The number of aliphatic hydroxyl groups excluding tert-OH is 1. The fourth-order valence-electron chi connectivity index (χ4n) is 3.86. The Labute approximate surface area is 231 Å². The highest BCUT2D eigenvalue weighted by molar-refractivity contribution is 5.91. The van der Waals surface area contributed by atoms with Gasteiger partial charge >= 0.3 is 5.97 Å². The van der Waals surface area contributed by atoms with E-state index in [4.69, 9.17) is 19.0 Å². The van der Waals surface area contributed by atoms with Crippen molar-refractivity contribution in [2.24, 2.45) is 5.16 Å². The maximum absolute atomic E-state index is 12.4. The first-order valence-corrected chi connectivity index (χ1v) is 13.2. The number of benzene rings is 2. The van der Waals surface area contributed by atoms with Crippen LogP contribution in [0.4, 0.5) is 0 Å². The van der Waals surface area contributed by atoms with Crippen LogP contribution in [0.3, 0.4) is 0 Å². The number of aromatic hydroxyl groups is 1. The molecule has 0 radical (unpaired) electrons. The van der Waals surface area contributed by atoms with Gasteiger partial charge in [0.1, 0.15) is 6.10 Å². The highest BCUT2D eigenvalue weighted by Crippen LogP contribution is 2.37. The number of esters is 1. The van der Waals surface area contributed by atoms with Gasteiger partial charge in [-0.25, -0.2) is 4.79 Å². The molecule has 10 nitrogen and oxygen atoms in total. The fourth-order valence-corrected chi connectivity index (χ4v) is 3.86. The molecule has 2 aromatic rings. The van der Waals surface area contributed by atoms with Crippen LogP contribution in [-0.2, 0) is 9.57 Å². The Morgan fingerprint density at radius 2 is 1.69 bits per heavy atom. The Hall–Kier alpha value is -3.34. The zero-order chi connectivity index (χ0) is 28.5. The standard InChI is InChI=1S/C29H43N3O7/c1-31(14-9-19-38-29(35)24-20-26(34)28(37-4)27(21-24)36-3)16-17-32(2)15-13-25(12-8-18-33)39-30-22-23-10-6-5-7-11-23/h5-7,10-11,20-22,25,33-34H,8-9,12-19H2,1-4H3/b30-22+. The molecule has 1 atom stereocenters. The molecule has 0 aliphatic heterocycles. The van der Waals surface area contributed by atoms with E-state index < -0.39 is 5.97 Å². The van der Waals surface area contributed by atoms with E-state index >= 15 is 0 Å². The van der Waals surface area contributed by atoms with Crippen LogP contribution < -0.4 is 9.47 Å². The van der Waals surface area contributed by atoms with Gasteiger partial charge in [0.2, 0.25) is 5.75 Å². The Bertz CT molecular complexity index is 1000. The maximum Gasteiger partial charge on any atom is 0.338 e. The molecule has 0 aliphatic rings. The molecule has 0 fully saturated rings. The lowest BCUT2D eigenvalue weighted by molar-refractivity contribution is 0.0366. The van der Waals surface area contributed by atoms with Crippen molar-refractivity contribution in [3.05, 3.63) is 53.6 Å². The summed E-state index contributed by atoms with van der Waals surface area (Å²) in [7, 11) is 6.96. The van der Waals surface area contributed by atoms with Crippen molar-refractivity contribution in [3.63, 3.8) is 0 Å². The molecule has 216 valence electrons. The summed E-state index contributed by atoms with van der Waals surface area (Å²) in [6.07, 6.45) is 4.57. The number of carbonyl (C=O) groups is 1. The predicted molar refractivity (Wildman–Crippen MR) is 151 cm³/mol. The van der Waals surface area contributed by atoms with Crippen LogP contribution in [-0.4, -0.2) is 106 Å². The minimum Gasteiger partial charge on any atom is -0.504 e. The number of nitrogens with zero attached hydrogens (tertiary/aromatic N) is 3. The Morgan fingerprint density at radius 1 is 0.974 bits per heavy atom. The molecule has 0 saturated carbocycles. The van der Waals surface area contributed by atoms with E-state index in [2.05, 4.69) is 22.0 Å². The average molecular weight is 546 g/mol. The zero-order valence-electron chi connectivity index (χ0n) is 23.5. The molecule has 39 heavy (non-hydrogen) atoms. The summed E-state index contributed by atoms with van der Waals surface area (Å²) in [5, 5.41) is 23.4. The second-order valence-electron chi connectivity index (χ2n) is 9.35. The number of hydrogen-bond acceptors (Lipinski definition) is 10. The average Bonchev–Trinajstić information content (AvgIpc) is 2.95. The molecule has 0 aliphatic carbocycles. The molecule has 2 aromatic carbocycles. The summed E-state index contributed by atoms with van der Waals surface area (Å²) in [6, 6.07) is 12.6. The SMILES string of the molecule is COc1cc(C(=O)OCCCN(C)CCN(C)CCC(CCCO)O/N=C/c2ccccc2)cc(O)c1OC. The molecule has 10 heteroatoms. The third-order valence-corrected chi connectivity index (χ3v) is 6.20. The van der Waals surface area contributed by atoms with E-state index in [1.54, 1.807) is 6.21 Å². The molecule has 0 amide bonds. The number of methoxy groups -OCH3 is 2. The number of phenols is 1. The summed E-state index contributed by atoms with van der Waals surface area (Å²) in [6.45, 7) is 3.76. The maximum atomic E-state index is 12.4. The van der Waals surface area contributed by atoms with Crippen LogP contribution in [0.1, 0.15) is 41.6 Å². The molecule has 0 heterocycles. The van der Waals surface area contributed by atoms with Gasteiger partial charge in [0.25, 0.3) is 0 Å². The van der Waals surface area contributed by atoms with Gasteiger partial charge in [-0.15, -0.1) is 0 Å². The number of likely N-dealkylation sites (N-methyl/N-ethyl adjacent to an activating group) is 2. The lowest BCUT2D eigenvalue weighted by atomic mass is 10.1. The minimum absolute atomic E-state index is 0.0560. The van der Waals surface area contributed by atoms with E-state index in [1.807, 2.05) is 37.4 Å². The largest absolute Gasteiger partial charge is 0.504 e. The van der Waals surface area contributed by atoms with Crippen molar-refractivity contribution >= 4 is 12.2 Å². The van der Waals surface area contributed by atoms with Crippen molar-refractivity contribution in [1.82, 2.24) is 9.80 Å². The van der Waals surface area contributed by atoms with Crippen LogP contribution in [0.15, 0.2) is 47.6 Å². The molecule has 0 bridgehead atoms. The number of rotatable bonds is 19. The summed E-state index contributed by atoms with van der Waals surface area (Å²) in [5.74, 6) is -0.275. The lowest BCUT2D eigenvalue weighted by Crippen LogP contribution is -2.33. The summed E-state index contributed by atoms with van der Waals surface area (Å²) in [4.78, 5) is 22.5. The van der Waals surface area contributed by atoms with Crippen molar-refractivity contribution in [1.29, 1.82) is 0 Å². The Kier molecular flexibility index (Phi) is 14.7. The molecule has 0 aromatic heterocycles. The van der Waals surface area contributed by atoms with E-state index in [9.17, 15) is 15.0 Å². The van der Waals surface area contributed by atoms with E-state index in [0.29, 0.717) is 12.8 Å². The number of hydrogen-bond donors (Lipinski definition) is 2. The number of carbonyl (C=O) groups excluding carboxylic acids is 1. The topological polar surface area (TPSA) is 113 Å². The normalized spacial score (nSPS) is 12.2. The van der Waals surface area contributed by atoms with Gasteiger partial charge in [-0.05, 0) is 57.5 Å². The molecule has 1 unspecified atom stereocenters. The number of aliphatic hydroxyl groups is 1. The van der Waals surface area contributed by atoms with E-state index in [1.165, 1.54) is 26.4 Å². The predicted octanol–water partition coefficient (Wildman–Crippen LogP) is 3.40. The molecule has 0 spiro atoms. The second kappa shape index (κ2) is 18.0. The number of oxime groups is 1. The summed E-state index contributed by atoms with van der Waals surface area (Å²) >= 11 is 0. The minimum atomic E-state index is -0.528. The van der Waals surface area contributed by atoms with Gasteiger partial charge in [-0.2, -0.15) is 0 Å². The highest BCUT2D eigenvalue weighted by Gasteiger charge is 2.17. The third kappa shape index (κ3) is 11.9. The van der Waals surface area contributed by atoms with E-state index in [-0.39, 0.29) is 42.1 Å². The molecule has 0 saturated heterocycles. The van der Waals surface area contributed by atoms with Gasteiger partial charge in [0, 0.05) is 32.8 Å². The first-order chi connectivity index (χ1) is 18.9. The van der Waals surface area contributed by atoms with Crippen molar-refractivity contribution < 1.29 is 34.1 Å². The first-order valence-electron chi connectivity index (χ1n) is 13.2. The van der Waals surface area contributed by atoms with Crippen LogP contribution in [0, 0.1) is 0 Å². The molecule has 2 rings (SSSR count). The first kappa shape index (κ1) is 31.9. The quantitative estimate of drug-likeness (QED) is 0.119. The fraction of sp³-hybridized carbons (Fsp3) is 0.517. The van der Waals surface area contributed by atoms with Crippen LogP contribution in [0.5, 0.6) is 17.2 Å². The summed E-state index contributed by atoms with van der Waals surface area (Å²) < 4.78 is 15.6. The van der Waals surface area contributed by atoms with Crippen LogP contribution >= 0.6 is 0 Å². The summed E-state index contributed by atoms with van der Waals surface area (Å²) in [5.41, 5.74) is 1.18.